The number of ether oxygens (including phenoxy) is 1. The Morgan fingerprint density at radius 2 is 1.96 bits per heavy atom. The van der Waals surface area contributed by atoms with Crippen LogP contribution in [0.3, 0.4) is 0 Å². The number of nitrogens with zero attached hydrogens (tertiary/aromatic N) is 2. The molecule has 1 saturated heterocycles. The fourth-order valence-corrected chi connectivity index (χ4v) is 2.92. The van der Waals surface area contributed by atoms with Gasteiger partial charge in [-0.3, -0.25) is 14.9 Å². The minimum Gasteiger partial charge on any atom is -0.478 e. The molecule has 3 rings (SSSR count). The predicted octanol–water partition coefficient (Wildman–Crippen LogP) is 1.93. The van der Waals surface area contributed by atoms with Crippen LogP contribution in [0.2, 0.25) is 0 Å². The number of carboxylic acid groups (broad SMARTS) is 1. The third kappa shape index (κ3) is 3.53. The quantitative estimate of drug-likeness (QED) is 0.629. The molecule has 1 aromatic rings. The summed E-state index contributed by atoms with van der Waals surface area (Å²) in [5, 5.41) is 20.1. The van der Waals surface area contributed by atoms with Crippen LogP contribution in [-0.4, -0.2) is 52.6 Å². The standard InChI is InChI=1S/C16H18N2O6/c19-15(17(13-1-2-13)8-10-3-4-24-9-10)11-5-12(16(20)21)7-14(6-11)18(22)23/h5-7,10,13H,1-4,8-9H2,(H,20,21). The number of carbonyl (C=O) groups is 2. The van der Waals surface area contributed by atoms with Crippen molar-refractivity contribution >= 4 is 17.6 Å². The van der Waals surface area contributed by atoms with Crippen molar-refractivity contribution in [3.8, 4) is 0 Å². The lowest BCUT2D eigenvalue weighted by Gasteiger charge is -2.25. The SMILES string of the molecule is O=C(O)c1cc(C(=O)N(CC2CCOC2)C2CC2)cc([N+](=O)[O-])c1. The molecule has 1 N–H and O–H groups in total. The maximum atomic E-state index is 12.8. The molecule has 1 saturated carbocycles. The van der Waals surface area contributed by atoms with Gasteiger partial charge in [-0.15, -0.1) is 0 Å². The first-order valence-electron chi connectivity index (χ1n) is 7.87. The van der Waals surface area contributed by atoms with E-state index >= 15 is 0 Å². The summed E-state index contributed by atoms with van der Waals surface area (Å²) in [6, 6.07) is 3.45. The molecular formula is C16H18N2O6. The Morgan fingerprint density at radius 1 is 1.25 bits per heavy atom. The van der Waals surface area contributed by atoms with Crippen LogP contribution < -0.4 is 0 Å². The van der Waals surface area contributed by atoms with Gasteiger partial charge in [0.15, 0.2) is 0 Å². The zero-order valence-electron chi connectivity index (χ0n) is 13.0. The van der Waals surface area contributed by atoms with Crippen LogP contribution in [0, 0.1) is 16.0 Å². The zero-order valence-corrected chi connectivity index (χ0v) is 13.0. The van der Waals surface area contributed by atoms with E-state index in [1.165, 1.54) is 6.07 Å². The van der Waals surface area contributed by atoms with Gasteiger partial charge in [0, 0.05) is 42.8 Å². The fraction of sp³-hybridized carbons (Fsp3) is 0.500. The molecule has 0 radical (unpaired) electrons. The van der Waals surface area contributed by atoms with Crippen LogP contribution >= 0.6 is 0 Å². The van der Waals surface area contributed by atoms with Gasteiger partial charge in [-0.25, -0.2) is 4.79 Å². The molecule has 1 aliphatic heterocycles. The number of hydrogen-bond donors (Lipinski definition) is 1. The molecule has 0 aromatic heterocycles. The first kappa shape index (κ1) is 16.4. The summed E-state index contributed by atoms with van der Waals surface area (Å²) in [4.78, 5) is 36.1. The molecule has 1 unspecified atom stereocenters. The lowest BCUT2D eigenvalue weighted by atomic mass is 10.1. The van der Waals surface area contributed by atoms with Gasteiger partial charge in [0.1, 0.15) is 0 Å². The van der Waals surface area contributed by atoms with E-state index in [1.807, 2.05) is 0 Å². The van der Waals surface area contributed by atoms with Gasteiger partial charge in [-0.05, 0) is 25.3 Å². The lowest BCUT2D eigenvalue weighted by molar-refractivity contribution is -0.384. The number of benzene rings is 1. The van der Waals surface area contributed by atoms with E-state index in [4.69, 9.17) is 9.84 Å². The molecule has 2 fully saturated rings. The summed E-state index contributed by atoms with van der Waals surface area (Å²) < 4.78 is 5.34. The summed E-state index contributed by atoms with van der Waals surface area (Å²) >= 11 is 0. The van der Waals surface area contributed by atoms with E-state index in [1.54, 1.807) is 4.90 Å². The lowest BCUT2D eigenvalue weighted by Crippen LogP contribution is -2.37. The molecular weight excluding hydrogens is 316 g/mol. The van der Waals surface area contributed by atoms with Gasteiger partial charge >= 0.3 is 5.97 Å². The highest BCUT2D eigenvalue weighted by Gasteiger charge is 2.35. The number of nitro groups is 1. The number of amides is 1. The number of non-ortho nitro benzene ring substituents is 1. The van der Waals surface area contributed by atoms with Crippen molar-refractivity contribution in [1.29, 1.82) is 0 Å². The summed E-state index contributed by atoms with van der Waals surface area (Å²) in [5.74, 6) is -1.39. The molecule has 1 aliphatic carbocycles. The number of carbonyl (C=O) groups excluding carboxylic acids is 1. The number of carboxylic acids is 1. The second kappa shape index (κ2) is 6.56. The summed E-state index contributed by atoms with van der Waals surface area (Å²) in [6.45, 7) is 1.82. The minimum absolute atomic E-state index is 0.0485. The Bertz CT molecular complexity index is 647. The smallest absolute Gasteiger partial charge is 0.335 e. The minimum atomic E-state index is -1.30. The van der Waals surface area contributed by atoms with Crippen molar-refractivity contribution in [1.82, 2.24) is 4.90 Å². The van der Waals surface area contributed by atoms with Gasteiger partial charge in [-0.1, -0.05) is 0 Å². The highest BCUT2D eigenvalue weighted by molar-refractivity contribution is 5.98. The van der Waals surface area contributed by atoms with E-state index in [0.29, 0.717) is 19.8 Å². The molecule has 0 bridgehead atoms. The van der Waals surface area contributed by atoms with Crippen molar-refractivity contribution in [3.05, 3.63) is 39.4 Å². The average molecular weight is 334 g/mol. The van der Waals surface area contributed by atoms with Crippen molar-refractivity contribution in [3.63, 3.8) is 0 Å². The maximum Gasteiger partial charge on any atom is 0.335 e. The van der Waals surface area contributed by atoms with Crippen LogP contribution in [-0.2, 0) is 4.74 Å². The molecule has 1 heterocycles. The van der Waals surface area contributed by atoms with Crippen LogP contribution in [0.5, 0.6) is 0 Å². The summed E-state index contributed by atoms with van der Waals surface area (Å²) in [5.41, 5.74) is -0.599. The van der Waals surface area contributed by atoms with E-state index in [2.05, 4.69) is 0 Å². The van der Waals surface area contributed by atoms with Gasteiger partial charge in [0.05, 0.1) is 17.1 Å². The Balaban J connectivity index is 1.88. The van der Waals surface area contributed by atoms with Crippen molar-refractivity contribution in [2.45, 2.75) is 25.3 Å². The molecule has 24 heavy (non-hydrogen) atoms. The third-order valence-corrected chi connectivity index (χ3v) is 4.35. The highest BCUT2D eigenvalue weighted by Crippen LogP contribution is 2.31. The molecule has 8 heteroatoms. The van der Waals surface area contributed by atoms with Crippen molar-refractivity contribution < 1.29 is 24.4 Å². The van der Waals surface area contributed by atoms with Gasteiger partial charge in [-0.2, -0.15) is 0 Å². The Morgan fingerprint density at radius 3 is 2.50 bits per heavy atom. The number of hydrogen-bond acceptors (Lipinski definition) is 5. The first-order valence-corrected chi connectivity index (χ1v) is 7.87. The average Bonchev–Trinajstić information content (AvgIpc) is 3.27. The Kier molecular flexibility index (Phi) is 4.48. The van der Waals surface area contributed by atoms with E-state index in [9.17, 15) is 19.7 Å². The number of nitro benzene ring substituents is 1. The topological polar surface area (TPSA) is 110 Å². The molecule has 8 nitrogen and oxygen atoms in total. The molecule has 1 amide bonds. The molecule has 1 atom stereocenters. The normalized spacial score (nSPS) is 19.9. The summed E-state index contributed by atoms with van der Waals surface area (Å²) in [6.07, 6.45) is 2.69. The first-order chi connectivity index (χ1) is 11.5. The number of aromatic carboxylic acids is 1. The van der Waals surface area contributed by atoms with Gasteiger partial charge in [0.25, 0.3) is 11.6 Å². The Hall–Kier alpha value is -2.48. The van der Waals surface area contributed by atoms with E-state index in [0.717, 1.165) is 31.4 Å². The fourth-order valence-electron chi connectivity index (χ4n) is 2.92. The van der Waals surface area contributed by atoms with Crippen LogP contribution in [0.4, 0.5) is 5.69 Å². The largest absolute Gasteiger partial charge is 0.478 e. The van der Waals surface area contributed by atoms with Crippen molar-refractivity contribution in [2.75, 3.05) is 19.8 Å². The van der Waals surface area contributed by atoms with E-state index in [-0.39, 0.29) is 29.0 Å². The zero-order chi connectivity index (χ0) is 17.3. The second-order valence-electron chi connectivity index (χ2n) is 6.25. The Labute approximate surface area is 138 Å². The molecule has 2 aliphatic rings. The van der Waals surface area contributed by atoms with E-state index < -0.39 is 16.6 Å². The van der Waals surface area contributed by atoms with Crippen LogP contribution in [0.25, 0.3) is 0 Å². The third-order valence-electron chi connectivity index (χ3n) is 4.35. The molecule has 0 spiro atoms. The monoisotopic (exact) mass is 334 g/mol. The van der Waals surface area contributed by atoms with Crippen molar-refractivity contribution in [2.24, 2.45) is 5.92 Å². The number of rotatable bonds is 6. The predicted molar refractivity (Wildman–Crippen MR) is 83.0 cm³/mol. The molecule has 1 aromatic carbocycles. The van der Waals surface area contributed by atoms with Crippen LogP contribution in [0.15, 0.2) is 18.2 Å². The van der Waals surface area contributed by atoms with Gasteiger partial charge < -0.3 is 14.7 Å². The maximum absolute atomic E-state index is 12.8. The summed E-state index contributed by atoms with van der Waals surface area (Å²) in [7, 11) is 0. The van der Waals surface area contributed by atoms with Gasteiger partial charge in [0.2, 0.25) is 0 Å². The molecule has 128 valence electrons. The highest BCUT2D eigenvalue weighted by atomic mass is 16.6. The van der Waals surface area contributed by atoms with Crippen LogP contribution in [0.1, 0.15) is 40.0 Å². The second-order valence-corrected chi connectivity index (χ2v) is 6.25.